The molecule has 0 saturated carbocycles. The minimum absolute atomic E-state index is 0.634. The molecule has 0 amide bonds. The van der Waals surface area contributed by atoms with Gasteiger partial charge in [0.05, 0.1) is 0 Å². The van der Waals surface area contributed by atoms with Gasteiger partial charge in [-0.25, -0.2) is 14.8 Å². The highest BCUT2D eigenvalue weighted by Crippen LogP contribution is 2.22. The van der Waals surface area contributed by atoms with Crippen LogP contribution in [-0.2, 0) is 11.3 Å². The van der Waals surface area contributed by atoms with E-state index in [9.17, 15) is 4.79 Å². The number of nitrogens with zero attached hydrogens (tertiary/aromatic N) is 4. The van der Waals surface area contributed by atoms with E-state index in [-0.39, 0.29) is 0 Å². The van der Waals surface area contributed by atoms with Crippen LogP contribution in [0.2, 0.25) is 0 Å². The summed E-state index contributed by atoms with van der Waals surface area (Å²) in [5, 5.41) is 9.08. The van der Waals surface area contributed by atoms with Crippen LogP contribution in [0.4, 0.5) is 5.95 Å². The monoisotopic (exact) mass is 356 g/mol. The number of carbonyl (C=O) groups is 1. The summed E-state index contributed by atoms with van der Waals surface area (Å²) in [7, 11) is 0. The molecule has 3 rings (SSSR count). The van der Waals surface area contributed by atoms with Gasteiger partial charge in [0.25, 0.3) is 0 Å². The van der Waals surface area contributed by atoms with Crippen LogP contribution in [0.25, 0.3) is 0 Å². The van der Waals surface area contributed by atoms with Crippen molar-refractivity contribution in [3.63, 3.8) is 0 Å². The van der Waals surface area contributed by atoms with Crippen molar-refractivity contribution in [1.29, 1.82) is 0 Å². The topological polar surface area (TPSA) is 78.8 Å². The summed E-state index contributed by atoms with van der Waals surface area (Å²) >= 11 is 0. The smallest absolute Gasteiger partial charge is 0.344 e. The van der Waals surface area contributed by atoms with E-state index in [1.807, 2.05) is 30.3 Å². The quantitative estimate of drug-likeness (QED) is 0.848. The first-order chi connectivity index (χ1) is 12.6. The maximum absolute atomic E-state index is 11.1. The molecule has 2 aromatic rings. The van der Waals surface area contributed by atoms with Crippen molar-refractivity contribution in [2.75, 3.05) is 31.1 Å². The van der Waals surface area contributed by atoms with Crippen LogP contribution in [0.1, 0.15) is 18.9 Å². The van der Waals surface area contributed by atoms with E-state index in [4.69, 9.17) is 9.84 Å². The zero-order valence-electron chi connectivity index (χ0n) is 14.9. The Morgan fingerprint density at radius 1 is 1.15 bits per heavy atom. The number of benzene rings is 1. The van der Waals surface area contributed by atoms with Crippen LogP contribution in [0, 0.1) is 0 Å². The number of hydrogen-bond donors (Lipinski definition) is 1. The van der Waals surface area contributed by atoms with Gasteiger partial charge in [-0.05, 0) is 25.5 Å². The fourth-order valence-electron chi connectivity index (χ4n) is 3.01. The molecule has 1 N–H and O–H groups in total. The molecule has 0 unspecified atom stereocenters. The second-order valence-electron chi connectivity index (χ2n) is 6.37. The highest BCUT2D eigenvalue weighted by Gasteiger charge is 2.19. The summed E-state index contributed by atoms with van der Waals surface area (Å²) < 4.78 is 5.61. The molecular formula is C19H24N4O3. The van der Waals surface area contributed by atoms with Crippen molar-refractivity contribution in [3.05, 3.63) is 48.3 Å². The van der Waals surface area contributed by atoms with E-state index in [1.165, 1.54) is 0 Å². The predicted molar refractivity (Wildman–Crippen MR) is 98.3 cm³/mol. The van der Waals surface area contributed by atoms with E-state index in [2.05, 4.69) is 19.8 Å². The number of ether oxygens (including phenoxy) is 1. The number of aliphatic carboxylic acids is 1. The molecular weight excluding hydrogens is 332 g/mol. The van der Waals surface area contributed by atoms with Crippen LogP contribution in [0.3, 0.4) is 0 Å². The van der Waals surface area contributed by atoms with Crippen molar-refractivity contribution in [1.82, 2.24) is 14.9 Å². The van der Waals surface area contributed by atoms with Crippen molar-refractivity contribution in [3.8, 4) is 5.75 Å². The number of para-hydroxylation sites is 1. The molecule has 1 aromatic heterocycles. The summed E-state index contributed by atoms with van der Waals surface area (Å²) in [6.45, 7) is 5.91. The lowest BCUT2D eigenvalue weighted by Crippen LogP contribution is -2.31. The zero-order chi connectivity index (χ0) is 18.4. The molecule has 138 valence electrons. The van der Waals surface area contributed by atoms with Gasteiger partial charge in [-0.15, -0.1) is 0 Å². The van der Waals surface area contributed by atoms with Crippen LogP contribution in [-0.4, -0.2) is 58.2 Å². The standard InChI is InChI=1S/C19H24N4O3/c1-15(18(24)25)26-17-7-3-2-6-16(17)14-22-10-5-11-23(13-12-22)19-20-8-4-9-21-19/h2-4,6-9,15H,5,10-14H2,1H3,(H,24,25)/t15-/m0/s1. The number of anilines is 1. The third-order valence-electron chi connectivity index (χ3n) is 4.44. The minimum atomic E-state index is -0.965. The fourth-order valence-corrected chi connectivity index (χ4v) is 3.01. The van der Waals surface area contributed by atoms with Gasteiger partial charge in [-0.1, -0.05) is 18.2 Å². The first kappa shape index (κ1) is 18.1. The molecule has 0 bridgehead atoms. The summed E-state index contributed by atoms with van der Waals surface area (Å²) in [5.41, 5.74) is 1.00. The number of carboxylic acids is 1. The Labute approximate surface area is 153 Å². The average molecular weight is 356 g/mol. The number of rotatable bonds is 6. The van der Waals surface area contributed by atoms with E-state index < -0.39 is 12.1 Å². The Balaban J connectivity index is 1.64. The van der Waals surface area contributed by atoms with Gasteiger partial charge in [0.1, 0.15) is 5.75 Å². The highest BCUT2D eigenvalue weighted by molar-refractivity contribution is 5.72. The van der Waals surface area contributed by atoms with Crippen molar-refractivity contribution < 1.29 is 14.6 Å². The van der Waals surface area contributed by atoms with Crippen LogP contribution < -0.4 is 9.64 Å². The second kappa shape index (κ2) is 8.62. The Kier molecular flexibility index (Phi) is 6.01. The van der Waals surface area contributed by atoms with E-state index >= 15 is 0 Å². The number of carboxylic acid groups (broad SMARTS) is 1. The lowest BCUT2D eigenvalue weighted by Gasteiger charge is -2.23. The van der Waals surface area contributed by atoms with Gasteiger partial charge in [-0.2, -0.15) is 0 Å². The van der Waals surface area contributed by atoms with Crippen LogP contribution >= 0.6 is 0 Å². The van der Waals surface area contributed by atoms with Gasteiger partial charge in [-0.3, -0.25) is 4.90 Å². The Bertz CT molecular complexity index is 726. The van der Waals surface area contributed by atoms with Gasteiger partial charge < -0.3 is 14.7 Å². The molecule has 26 heavy (non-hydrogen) atoms. The Morgan fingerprint density at radius 2 is 1.92 bits per heavy atom. The van der Waals surface area contributed by atoms with Gasteiger partial charge in [0.2, 0.25) is 5.95 Å². The zero-order valence-corrected chi connectivity index (χ0v) is 14.9. The molecule has 7 heteroatoms. The molecule has 1 aliphatic heterocycles. The molecule has 7 nitrogen and oxygen atoms in total. The molecule has 2 heterocycles. The lowest BCUT2D eigenvalue weighted by molar-refractivity contribution is -0.144. The first-order valence-corrected chi connectivity index (χ1v) is 8.85. The van der Waals surface area contributed by atoms with E-state index in [0.717, 1.165) is 50.7 Å². The second-order valence-corrected chi connectivity index (χ2v) is 6.37. The molecule has 1 aliphatic rings. The van der Waals surface area contributed by atoms with Crippen LogP contribution in [0.15, 0.2) is 42.7 Å². The van der Waals surface area contributed by atoms with Crippen molar-refractivity contribution in [2.45, 2.75) is 26.0 Å². The van der Waals surface area contributed by atoms with Crippen LogP contribution in [0.5, 0.6) is 5.75 Å². The summed E-state index contributed by atoms with van der Waals surface area (Å²) in [6, 6.07) is 9.46. The Hall–Kier alpha value is -2.67. The average Bonchev–Trinajstić information content (AvgIpc) is 2.89. The van der Waals surface area contributed by atoms with E-state index in [0.29, 0.717) is 5.75 Å². The van der Waals surface area contributed by atoms with E-state index in [1.54, 1.807) is 19.3 Å². The third-order valence-corrected chi connectivity index (χ3v) is 4.44. The normalized spacial score (nSPS) is 16.7. The van der Waals surface area contributed by atoms with Gasteiger partial charge in [0.15, 0.2) is 6.10 Å². The fraction of sp³-hybridized carbons (Fsp3) is 0.421. The third kappa shape index (κ3) is 4.70. The molecule has 0 radical (unpaired) electrons. The van der Waals surface area contributed by atoms with Crippen molar-refractivity contribution in [2.24, 2.45) is 0 Å². The lowest BCUT2D eigenvalue weighted by atomic mass is 10.2. The maximum Gasteiger partial charge on any atom is 0.344 e. The number of hydrogen-bond acceptors (Lipinski definition) is 6. The predicted octanol–water partition coefficient (Wildman–Crippen LogP) is 2.04. The SMILES string of the molecule is C[C@H](Oc1ccccc1CN1CCCN(c2ncccn2)CC1)C(=O)O. The maximum atomic E-state index is 11.1. The first-order valence-electron chi connectivity index (χ1n) is 8.85. The molecule has 1 fully saturated rings. The molecule has 1 atom stereocenters. The molecule has 1 aromatic carbocycles. The van der Waals surface area contributed by atoms with Gasteiger partial charge >= 0.3 is 5.97 Å². The van der Waals surface area contributed by atoms with Gasteiger partial charge in [0, 0.05) is 50.7 Å². The minimum Gasteiger partial charge on any atom is -0.479 e. The summed E-state index contributed by atoms with van der Waals surface area (Å²) in [5.74, 6) is 0.441. The summed E-state index contributed by atoms with van der Waals surface area (Å²) in [4.78, 5) is 24.3. The molecule has 0 aliphatic carbocycles. The highest BCUT2D eigenvalue weighted by atomic mass is 16.5. The molecule has 1 saturated heterocycles. The Morgan fingerprint density at radius 3 is 2.69 bits per heavy atom. The van der Waals surface area contributed by atoms with Crippen molar-refractivity contribution >= 4 is 11.9 Å². The largest absolute Gasteiger partial charge is 0.479 e. The summed E-state index contributed by atoms with van der Waals surface area (Å²) in [6.07, 6.45) is 3.68. The molecule has 0 spiro atoms. The number of aromatic nitrogens is 2.